The molecule has 3 rings (SSSR count). The molecule has 1 fully saturated rings. The minimum atomic E-state index is -0.581. The molecule has 1 atom stereocenters. The van der Waals surface area contributed by atoms with E-state index in [9.17, 15) is 19.7 Å². The molecule has 1 heterocycles. The predicted molar refractivity (Wildman–Crippen MR) is 118 cm³/mol. The van der Waals surface area contributed by atoms with Gasteiger partial charge in [-0.05, 0) is 49.9 Å². The lowest BCUT2D eigenvalue weighted by atomic mass is 10.1. The van der Waals surface area contributed by atoms with E-state index in [1.807, 2.05) is 26.0 Å². The topological polar surface area (TPSA) is 102 Å². The number of benzene rings is 2. The van der Waals surface area contributed by atoms with Crippen LogP contribution in [-0.4, -0.2) is 47.4 Å². The third-order valence-corrected chi connectivity index (χ3v) is 5.66. The van der Waals surface area contributed by atoms with Gasteiger partial charge >= 0.3 is 0 Å². The van der Waals surface area contributed by atoms with Crippen molar-refractivity contribution in [2.24, 2.45) is 0 Å². The van der Waals surface area contributed by atoms with E-state index in [4.69, 9.17) is 16.3 Å². The maximum absolute atomic E-state index is 13.2. The van der Waals surface area contributed by atoms with Gasteiger partial charge in [-0.15, -0.1) is 0 Å². The molecule has 31 heavy (non-hydrogen) atoms. The number of hydrogen-bond donors (Lipinski definition) is 1. The summed E-state index contributed by atoms with van der Waals surface area (Å²) in [6.45, 7) is 4.51. The minimum Gasteiger partial charge on any atom is -0.376 e. The standard InChI is InChI=1S/C22H24ClN3O5/c1-14-5-3-7-20(15(14)2)24-21(27)13-25(12-17-6-4-10-31-17)22(28)18-9-8-16(26(29)30)11-19(18)23/h3,5,7-9,11,17H,4,6,10,12-13H2,1-2H3,(H,24,27). The smallest absolute Gasteiger partial charge is 0.270 e. The van der Waals surface area contributed by atoms with E-state index in [2.05, 4.69) is 5.32 Å². The number of anilines is 1. The number of amides is 2. The molecule has 1 saturated heterocycles. The molecule has 9 heteroatoms. The lowest BCUT2D eigenvalue weighted by Gasteiger charge is -2.25. The molecule has 1 aliphatic heterocycles. The Labute approximate surface area is 185 Å². The van der Waals surface area contributed by atoms with E-state index in [1.165, 1.54) is 17.0 Å². The highest BCUT2D eigenvalue weighted by atomic mass is 35.5. The Morgan fingerprint density at radius 1 is 1.29 bits per heavy atom. The molecule has 0 aromatic heterocycles. The number of nitrogens with one attached hydrogen (secondary N) is 1. The van der Waals surface area contributed by atoms with Gasteiger partial charge in [0, 0.05) is 31.0 Å². The Hall–Kier alpha value is -2.97. The van der Waals surface area contributed by atoms with E-state index < -0.39 is 10.8 Å². The molecule has 0 radical (unpaired) electrons. The zero-order chi connectivity index (χ0) is 22.5. The van der Waals surface area contributed by atoms with Crippen LogP contribution in [0.4, 0.5) is 11.4 Å². The van der Waals surface area contributed by atoms with Crippen LogP contribution in [0.3, 0.4) is 0 Å². The molecule has 0 aliphatic carbocycles. The van der Waals surface area contributed by atoms with Crippen LogP contribution in [0.1, 0.15) is 34.3 Å². The van der Waals surface area contributed by atoms with E-state index in [-0.39, 0.29) is 41.4 Å². The first-order valence-corrected chi connectivity index (χ1v) is 10.3. The van der Waals surface area contributed by atoms with Crippen molar-refractivity contribution in [3.63, 3.8) is 0 Å². The summed E-state index contributed by atoms with van der Waals surface area (Å²) < 4.78 is 5.64. The first-order chi connectivity index (χ1) is 14.8. The van der Waals surface area contributed by atoms with Crippen LogP contribution in [0, 0.1) is 24.0 Å². The molecule has 0 bridgehead atoms. The fraction of sp³-hybridized carbons (Fsp3) is 0.364. The number of carbonyl (C=O) groups is 2. The van der Waals surface area contributed by atoms with Crippen LogP contribution in [0.15, 0.2) is 36.4 Å². The lowest BCUT2D eigenvalue weighted by Crippen LogP contribution is -2.42. The summed E-state index contributed by atoms with van der Waals surface area (Å²) in [6, 6.07) is 9.28. The molecule has 0 saturated carbocycles. The molecule has 2 aromatic rings. The Morgan fingerprint density at radius 3 is 2.71 bits per heavy atom. The second-order valence-electron chi connectivity index (χ2n) is 7.54. The lowest BCUT2D eigenvalue weighted by molar-refractivity contribution is -0.384. The third-order valence-electron chi connectivity index (χ3n) is 5.34. The van der Waals surface area contributed by atoms with Gasteiger partial charge in [0.2, 0.25) is 5.91 Å². The van der Waals surface area contributed by atoms with E-state index in [0.717, 1.165) is 30.0 Å². The van der Waals surface area contributed by atoms with Crippen LogP contribution in [-0.2, 0) is 9.53 Å². The van der Waals surface area contributed by atoms with Crippen molar-refractivity contribution in [1.82, 2.24) is 4.90 Å². The van der Waals surface area contributed by atoms with Gasteiger partial charge < -0.3 is 15.0 Å². The highest BCUT2D eigenvalue weighted by molar-refractivity contribution is 6.34. The number of nitrogens with zero attached hydrogens (tertiary/aromatic N) is 2. The molecule has 1 aliphatic rings. The SMILES string of the molecule is Cc1cccc(NC(=O)CN(CC2CCCO2)C(=O)c2ccc([N+](=O)[O-])cc2Cl)c1C. The summed E-state index contributed by atoms with van der Waals surface area (Å²) in [4.78, 5) is 37.7. The van der Waals surface area contributed by atoms with E-state index >= 15 is 0 Å². The molecule has 1 unspecified atom stereocenters. The van der Waals surface area contributed by atoms with Crippen LogP contribution in [0.25, 0.3) is 0 Å². The number of carbonyl (C=O) groups excluding carboxylic acids is 2. The first kappa shape index (κ1) is 22.7. The number of halogens is 1. The van der Waals surface area contributed by atoms with Crippen LogP contribution >= 0.6 is 11.6 Å². The molecular weight excluding hydrogens is 422 g/mol. The molecule has 1 N–H and O–H groups in total. The average Bonchev–Trinajstić information content (AvgIpc) is 3.23. The van der Waals surface area contributed by atoms with Crippen molar-refractivity contribution >= 4 is 34.8 Å². The van der Waals surface area contributed by atoms with Crippen molar-refractivity contribution in [2.75, 3.05) is 25.0 Å². The van der Waals surface area contributed by atoms with Gasteiger partial charge in [0.05, 0.1) is 21.6 Å². The monoisotopic (exact) mass is 445 g/mol. The fourth-order valence-corrected chi connectivity index (χ4v) is 3.72. The zero-order valence-corrected chi connectivity index (χ0v) is 18.1. The van der Waals surface area contributed by atoms with Gasteiger partial charge in [-0.25, -0.2) is 0 Å². The van der Waals surface area contributed by atoms with Gasteiger partial charge in [0.15, 0.2) is 0 Å². The molecule has 0 spiro atoms. The quantitative estimate of drug-likeness (QED) is 0.510. The molecule has 2 aromatic carbocycles. The number of nitro benzene ring substituents is 1. The summed E-state index contributed by atoms with van der Waals surface area (Å²) in [5, 5.41) is 13.8. The van der Waals surface area contributed by atoms with E-state index in [0.29, 0.717) is 12.3 Å². The first-order valence-electron chi connectivity index (χ1n) is 9.97. The number of nitro groups is 1. The van der Waals surface area contributed by atoms with Gasteiger partial charge in [-0.2, -0.15) is 0 Å². The largest absolute Gasteiger partial charge is 0.376 e. The summed E-state index contributed by atoms with van der Waals surface area (Å²) in [5.41, 5.74) is 2.57. The van der Waals surface area contributed by atoms with Crippen molar-refractivity contribution in [1.29, 1.82) is 0 Å². The number of rotatable bonds is 7. The predicted octanol–water partition coefficient (Wildman–Crippen LogP) is 4.12. The summed E-state index contributed by atoms with van der Waals surface area (Å²) in [5.74, 6) is -0.829. The summed E-state index contributed by atoms with van der Waals surface area (Å²) in [6.07, 6.45) is 1.50. The molecule has 164 valence electrons. The normalized spacial score (nSPS) is 15.5. The average molecular weight is 446 g/mol. The minimum absolute atomic E-state index is 0.0357. The third kappa shape index (κ3) is 5.59. The van der Waals surface area contributed by atoms with Crippen LogP contribution in [0.5, 0.6) is 0 Å². The van der Waals surface area contributed by atoms with Crippen molar-refractivity contribution in [3.8, 4) is 0 Å². The van der Waals surface area contributed by atoms with Crippen molar-refractivity contribution in [3.05, 3.63) is 68.2 Å². The zero-order valence-electron chi connectivity index (χ0n) is 17.4. The summed E-state index contributed by atoms with van der Waals surface area (Å²) >= 11 is 6.15. The Kier molecular flexibility index (Phi) is 7.25. The summed E-state index contributed by atoms with van der Waals surface area (Å²) in [7, 11) is 0. The number of ether oxygens (including phenoxy) is 1. The highest BCUT2D eigenvalue weighted by Crippen LogP contribution is 2.25. The molecule has 2 amide bonds. The highest BCUT2D eigenvalue weighted by Gasteiger charge is 2.27. The second kappa shape index (κ2) is 9.89. The molecular formula is C22H24ClN3O5. The maximum Gasteiger partial charge on any atom is 0.270 e. The second-order valence-corrected chi connectivity index (χ2v) is 7.94. The fourth-order valence-electron chi connectivity index (χ4n) is 3.46. The van der Waals surface area contributed by atoms with Gasteiger partial charge in [0.25, 0.3) is 11.6 Å². The van der Waals surface area contributed by atoms with Gasteiger partial charge in [-0.1, -0.05) is 23.7 Å². The van der Waals surface area contributed by atoms with Crippen LogP contribution < -0.4 is 5.32 Å². The molecule has 8 nitrogen and oxygen atoms in total. The number of hydrogen-bond acceptors (Lipinski definition) is 5. The van der Waals surface area contributed by atoms with Gasteiger partial charge in [0.1, 0.15) is 6.54 Å². The Morgan fingerprint density at radius 2 is 2.06 bits per heavy atom. The maximum atomic E-state index is 13.2. The number of aryl methyl sites for hydroxylation is 1. The van der Waals surface area contributed by atoms with Crippen LogP contribution in [0.2, 0.25) is 5.02 Å². The van der Waals surface area contributed by atoms with Crippen molar-refractivity contribution in [2.45, 2.75) is 32.8 Å². The van der Waals surface area contributed by atoms with Gasteiger partial charge in [-0.3, -0.25) is 19.7 Å². The van der Waals surface area contributed by atoms with E-state index in [1.54, 1.807) is 6.07 Å². The Balaban J connectivity index is 1.80. The number of non-ortho nitro benzene ring substituents is 1. The van der Waals surface area contributed by atoms with Crippen molar-refractivity contribution < 1.29 is 19.2 Å². The Bertz CT molecular complexity index is 1000.